The average Bonchev–Trinajstić information content (AvgIpc) is 3.81. The van der Waals surface area contributed by atoms with E-state index < -0.39 is 5.41 Å². The SMILES string of the molecule is CCC(CC(C)c1ccc(COc2ccc(C3(c4ccccc4)c4ccccc4-c4ccc(N(c5ccccc5)c5ccc6c(c5)C(C)(C)c5ccccc5-6)cc43)cc2)cc1)c1ccc2c(c1)CC2. The van der Waals surface area contributed by atoms with Gasteiger partial charge in [0.15, 0.2) is 0 Å². The summed E-state index contributed by atoms with van der Waals surface area (Å²) in [6, 6.07) is 79.3. The minimum atomic E-state index is -0.573. The molecule has 0 fully saturated rings. The van der Waals surface area contributed by atoms with Crippen molar-refractivity contribution < 1.29 is 4.74 Å². The minimum absolute atomic E-state index is 0.118. The third-order valence-electron chi connectivity index (χ3n) is 16.1. The molecule has 3 aliphatic carbocycles. The lowest BCUT2D eigenvalue weighted by Crippen LogP contribution is -2.28. The summed E-state index contributed by atoms with van der Waals surface area (Å²) in [5.74, 6) is 1.92. The van der Waals surface area contributed by atoms with Crippen LogP contribution in [0.3, 0.4) is 0 Å². The van der Waals surface area contributed by atoms with Crippen molar-refractivity contribution in [2.45, 2.75) is 82.7 Å². The summed E-state index contributed by atoms with van der Waals surface area (Å²) in [4.78, 5) is 2.44. The molecule has 3 atom stereocenters. The van der Waals surface area contributed by atoms with Gasteiger partial charge >= 0.3 is 0 Å². The standard InChI is InChI=1S/C67H59NO/c1-5-47(50-30-28-49-29-31-51(49)41-50)40-45(2)48-26-24-46(25-27-48)44-69-57-36-32-53(33-37-57)67(52-16-8-6-9-17-52)63-23-15-13-21-59(63)61-39-35-56(43-65(61)67)68(54-18-10-7-11-19-54)55-34-38-60-58-20-12-14-22-62(58)66(3,4)64(60)42-55/h6-28,30,32-39,41-43,45,47H,5,29,31,40,44H2,1-4H3. The summed E-state index contributed by atoms with van der Waals surface area (Å²) >= 11 is 0. The Kier molecular flexibility index (Phi) is 10.7. The van der Waals surface area contributed by atoms with Crippen LogP contribution in [-0.4, -0.2) is 0 Å². The topological polar surface area (TPSA) is 12.5 Å². The molecule has 9 aromatic rings. The summed E-state index contributed by atoms with van der Waals surface area (Å²) in [7, 11) is 0. The first-order valence-corrected chi connectivity index (χ1v) is 25.1. The molecule has 2 heteroatoms. The molecule has 0 N–H and O–H groups in total. The molecule has 0 bridgehead atoms. The summed E-state index contributed by atoms with van der Waals surface area (Å²) in [5, 5.41) is 0. The van der Waals surface area contributed by atoms with Gasteiger partial charge in [-0.1, -0.05) is 191 Å². The van der Waals surface area contributed by atoms with E-state index in [9.17, 15) is 0 Å². The Hall–Kier alpha value is -7.42. The van der Waals surface area contributed by atoms with Gasteiger partial charge in [0.2, 0.25) is 0 Å². The van der Waals surface area contributed by atoms with Crippen molar-refractivity contribution in [3.8, 4) is 28.0 Å². The Labute approximate surface area is 408 Å². The van der Waals surface area contributed by atoms with Crippen molar-refractivity contribution in [2.75, 3.05) is 4.90 Å². The molecule has 0 heterocycles. The number of para-hydroxylation sites is 1. The maximum Gasteiger partial charge on any atom is 0.119 e. The number of fused-ring (bicyclic) bond motifs is 7. The van der Waals surface area contributed by atoms with Crippen molar-refractivity contribution >= 4 is 17.1 Å². The van der Waals surface area contributed by atoms with Crippen LogP contribution in [0.25, 0.3) is 22.3 Å². The molecular weight excluding hydrogens is 835 g/mol. The van der Waals surface area contributed by atoms with Crippen molar-refractivity contribution in [3.05, 3.63) is 274 Å². The predicted molar refractivity (Wildman–Crippen MR) is 287 cm³/mol. The maximum atomic E-state index is 6.56. The molecule has 0 aromatic heterocycles. The number of aryl methyl sites for hydroxylation is 2. The van der Waals surface area contributed by atoms with Gasteiger partial charge < -0.3 is 9.64 Å². The van der Waals surface area contributed by atoms with E-state index in [0.29, 0.717) is 18.4 Å². The van der Waals surface area contributed by atoms with Gasteiger partial charge in [-0.2, -0.15) is 0 Å². The van der Waals surface area contributed by atoms with Gasteiger partial charge in [0.05, 0.1) is 5.41 Å². The van der Waals surface area contributed by atoms with Crippen LogP contribution in [0, 0.1) is 0 Å². The molecule has 0 radical (unpaired) electrons. The number of ether oxygens (including phenoxy) is 1. The highest BCUT2D eigenvalue weighted by Gasteiger charge is 2.46. The number of hydrogen-bond acceptors (Lipinski definition) is 2. The number of nitrogens with zero attached hydrogens (tertiary/aromatic N) is 1. The van der Waals surface area contributed by atoms with E-state index in [4.69, 9.17) is 4.74 Å². The lowest BCUT2D eigenvalue weighted by Gasteiger charge is -2.35. The lowest BCUT2D eigenvalue weighted by molar-refractivity contribution is 0.306. The summed E-state index contributed by atoms with van der Waals surface area (Å²) in [5.41, 5.74) is 22.8. The number of anilines is 3. The van der Waals surface area contributed by atoms with E-state index in [1.165, 1.54) is 85.2 Å². The molecule has 69 heavy (non-hydrogen) atoms. The number of benzene rings is 9. The summed E-state index contributed by atoms with van der Waals surface area (Å²) in [6.45, 7) is 9.96. The fourth-order valence-electron chi connectivity index (χ4n) is 12.2. The second-order valence-electron chi connectivity index (χ2n) is 20.3. The molecular formula is C67H59NO. The molecule has 0 aliphatic heterocycles. The monoisotopic (exact) mass is 893 g/mol. The largest absolute Gasteiger partial charge is 0.489 e. The molecule has 3 unspecified atom stereocenters. The lowest BCUT2D eigenvalue weighted by atomic mass is 9.67. The van der Waals surface area contributed by atoms with Gasteiger partial charge in [0, 0.05) is 22.5 Å². The molecule has 0 saturated heterocycles. The average molecular weight is 894 g/mol. The van der Waals surface area contributed by atoms with Crippen molar-refractivity contribution in [1.29, 1.82) is 0 Å². The number of rotatable bonds is 13. The Balaban J connectivity index is 0.871. The van der Waals surface area contributed by atoms with Crippen LogP contribution in [-0.2, 0) is 30.3 Å². The van der Waals surface area contributed by atoms with E-state index >= 15 is 0 Å². The van der Waals surface area contributed by atoms with Gasteiger partial charge in [-0.15, -0.1) is 0 Å². The zero-order valence-corrected chi connectivity index (χ0v) is 40.3. The quantitative estimate of drug-likeness (QED) is 0.114. The van der Waals surface area contributed by atoms with Crippen LogP contribution in [0.5, 0.6) is 5.75 Å². The Bertz CT molecular complexity index is 3330. The summed E-state index contributed by atoms with van der Waals surface area (Å²) < 4.78 is 6.56. The highest BCUT2D eigenvalue weighted by molar-refractivity contribution is 5.90. The Morgan fingerprint density at radius 3 is 1.71 bits per heavy atom. The molecule has 9 aromatic carbocycles. The van der Waals surface area contributed by atoms with Gasteiger partial charge in [-0.05, 0) is 170 Å². The van der Waals surface area contributed by atoms with E-state index in [1.807, 2.05) is 0 Å². The maximum absolute atomic E-state index is 6.56. The van der Waals surface area contributed by atoms with Crippen LogP contribution in [0.4, 0.5) is 17.1 Å². The van der Waals surface area contributed by atoms with E-state index in [2.05, 4.69) is 245 Å². The Morgan fingerprint density at radius 2 is 1.04 bits per heavy atom. The van der Waals surface area contributed by atoms with Crippen molar-refractivity contribution in [2.24, 2.45) is 0 Å². The fraction of sp³-hybridized carbons (Fsp3) is 0.194. The zero-order chi connectivity index (χ0) is 46.7. The van der Waals surface area contributed by atoms with Gasteiger partial charge in [-0.3, -0.25) is 0 Å². The van der Waals surface area contributed by atoms with Gasteiger partial charge in [-0.25, -0.2) is 0 Å². The van der Waals surface area contributed by atoms with Gasteiger partial charge in [0.25, 0.3) is 0 Å². The highest BCUT2D eigenvalue weighted by Crippen LogP contribution is 2.58. The first-order valence-electron chi connectivity index (χ1n) is 25.1. The first kappa shape index (κ1) is 42.9. The summed E-state index contributed by atoms with van der Waals surface area (Å²) in [6.07, 6.45) is 4.80. The predicted octanol–water partition coefficient (Wildman–Crippen LogP) is 17.2. The first-order chi connectivity index (χ1) is 33.8. The van der Waals surface area contributed by atoms with Crippen LogP contribution in [0.15, 0.2) is 212 Å². The third kappa shape index (κ3) is 7.23. The normalized spacial score (nSPS) is 16.5. The third-order valence-corrected chi connectivity index (χ3v) is 16.1. The minimum Gasteiger partial charge on any atom is -0.489 e. The van der Waals surface area contributed by atoms with Crippen LogP contribution >= 0.6 is 0 Å². The fourth-order valence-corrected chi connectivity index (χ4v) is 12.2. The molecule has 12 rings (SSSR count). The Morgan fingerprint density at radius 1 is 0.478 bits per heavy atom. The van der Waals surface area contributed by atoms with Crippen LogP contribution < -0.4 is 9.64 Å². The van der Waals surface area contributed by atoms with Crippen molar-refractivity contribution in [1.82, 2.24) is 0 Å². The molecule has 0 amide bonds. The van der Waals surface area contributed by atoms with Crippen molar-refractivity contribution in [3.63, 3.8) is 0 Å². The molecule has 2 nitrogen and oxygen atoms in total. The number of hydrogen-bond donors (Lipinski definition) is 0. The molecule has 0 spiro atoms. The zero-order valence-electron chi connectivity index (χ0n) is 40.3. The highest BCUT2D eigenvalue weighted by atomic mass is 16.5. The molecule has 0 saturated carbocycles. The van der Waals surface area contributed by atoms with E-state index in [1.54, 1.807) is 11.1 Å². The van der Waals surface area contributed by atoms with Crippen LogP contribution in [0.1, 0.15) is 114 Å². The van der Waals surface area contributed by atoms with E-state index in [0.717, 1.165) is 35.7 Å². The van der Waals surface area contributed by atoms with E-state index in [-0.39, 0.29) is 5.41 Å². The van der Waals surface area contributed by atoms with Crippen LogP contribution in [0.2, 0.25) is 0 Å². The second kappa shape index (κ2) is 17.3. The smallest absolute Gasteiger partial charge is 0.119 e. The van der Waals surface area contributed by atoms with Gasteiger partial charge in [0.1, 0.15) is 12.4 Å². The second-order valence-corrected chi connectivity index (χ2v) is 20.3. The molecule has 3 aliphatic rings. The molecule has 338 valence electrons.